The SMILES string of the molecule is O=C1C2Sc3[nH]c(=O)sc3[C@H](c3ccc(Cl)cc3)C2C(=O)N1c1ccc(Cl)cc1. The normalized spacial score (nSPS) is 23.2. The van der Waals surface area contributed by atoms with Gasteiger partial charge in [-0.2, -0.15) is 0 Å². The van der Waals surface area contributed by atoms with Gasteiger partial charge in [0, 0.05) is 20.8 Å². The number of aromatic nitrogens is 1. The Labute approximate surface area is 183 Å². The molecule has 1 saturated heterocycles. The molecule has 9 heteroatoms. The summed E-state index contributed by atoms with van der Waals surface area (Å²) in [7, 11) is 0. The summed E-state index contributed by atoms with van der Waals surface area (Å²) in [6, 6.07) is 13.8. The molecule has 1 N–H and O–H groups in total. The van der Waals surface area contributed by atoms with Crippen molar-refractivity contribution in [2.24, 2.45) is 5.92 Å². The van der Waals surface area contributed by atoms with E-state index in [0.717, 1.165) is 21.8 Å². The van der Waals surface area contributed by atoms with Gasteiger partial charge in [-0.1, -0.05) is 58.4 Å². The highest BCUT2D eigenvalue weighted by Gasteiger charge is 2.56. The van der Waals surface area contributed by atoms with Gasteiger partial charge >= 0.3 is 4.87 Å². The van der Waals surface area contributed by atoms with Gasteiger partial charge in [-0.25, -0.2) is 4.90 Å². The van der Waals surface area contributed by atoms with E-state index in [9.17, 15) is 14.4 Å². The van der Waals surface area contributed by atoms with Crippen LogP contribution in [0.2, 0.25) is 10.0 Å². The number of benzene rings is 2. The molecule has 0 aliphatic carbocycles. The quantitative estimate of drug-likeness (QED) is 0.567. The summed E-state index contributed by atoms with van der Waals surface area (Å²) in [4.78, 5) is 43.3. The number of hydrogen-bond acceptors (Lipinski definition) is 5. The molecule has 5 rings (SSSR count). The predicted molar refractivity (Wildman–Crippen MR) is 115 cm³/mol. The minimum absolute atomic E-state index is 0.198. The highest BCUT2D eigenvalue weighted by Crippen LogP contribution is 2.53. The number of nitrogens with one attached hydrogen (secondary N) is 1. The van der Waals surface area contributed by atoms with Crippen molar-refractivity contribution in [1.29, 1.82) is 0 Å². The monoisotopic (exact) mass is 462 g/mol. The second-order valence-electron chi connectivity index (χ2n) is 6.79. The number of halogens is 2. The number of carbonyl (C=O) groups is 2. The van der Waals surface area contributed by atoms with Crippen LogP contribution < -0.4 is 9.77 Å². The number of amides is 2. The van der Waals surface area contributed by atoms with Crippen LogP contribution in [0.5, 0.6) is 0 Å². The number of imide groups is 1. The van der Waals surface area contributed by atoms with Crippen LogP contribution in [-0.2, 0) is 9.59 Å². The van der Waals surface area contributed by atoms with E-state index >= 15 is 0 Å². The number of thiazole rings is 1. The predicted octanol–water partition coefficient (Wildman–Crippen LogP) is 4.54. The molecule has 0 spiro atoms. The number of rotatable bonds is 2. The van der Waals surface area contributed by atoms with Crippen LogP contribution >= 0.6 is 46.3 Å². The second-order valence-corrected chi connectivity index (χ2v) is 9.83. The van der Waals surface area contributed by atoms with Crippen LogP contribution in [0.25, 0.3) is 0 Å². The summed E-state index contributed by atoms with van der Waals surface area (Å²) in [6.07, 6.45) is 0. The van der Waals surface area contributed by atoms with Crippen LogP contribution in [0, 0.1) is 5.92 Å². The maximum atomic E-state index is 13.5. The number of anilines is 1. The van der Waals surface area contributed by atoms with Crippen molar-refractivity contribution in [1.82, 2.24) is 4.98 Å². The van der Waals surface area contributed by atoms with E-state index in [4.69, 9.17) is 23.2 Å². The van der Waals surface area contributed by atoms with Crippen LogP contribution in [0.15, 0.2) is 58.4 Å². The Morgan fingerprint density at radius 1 is 0.862 bits per heavy atom. The molecule has 0 radical (unpaired) electrons. The molecule has 3 aromatic rings. The zero-order valence-electron chi connectivity index (χ0n) is 14.6. The van der Waals surface area contributed by atoms with Gasteiger partial charge in [0.05, 0.1) is 16.6 Å². The molecule has 3 atom stereocenters. The fraction of sp³-hybridized carbons (Fsp3) is 0.150. The second kappa shape index (κ2) is 7.02. The van der Waals surface area contributed by atoms with E-state index in [-0.39, 0.29) is 16.7 Å². The van der Waals surface area contributed by atoms with Crippen LogP contribution in [0.4, 0.5) is 5.69 Å². The zero-order valence-corrected chi connectivity index (χ0v) is 17.7. The van der Waals surface area contributed by atoms with Crippen molar-refractivity contribution in [2.75, 3.05) is 4.90 Å². The lowest BCUT2D eigenvalue weighted by Crippen LogP contribution is -2.32. The third-order valence-electron chi connectivity index (χ3n) is 5.14. The lowest BCUT2D eigenvalue weighted by atomic mass is 9.83. The summed E-state index contributed by atoms with van der Waals surface area (Å²) >= 11 is 14.3. The van der Waals surface area contributed by atoms with Crippen LogP contribution in [0.1, 0.15) is 16.4 Å². The third kappa shape index (κ3) is 3.04. The van der Waals surface area contributed by atoms with E-state index in [1.807, 2.05) is 12.1 Å². The van der Waals surface area contributed by atoms with E-state index in [2.05, 4.69) is 4.98 Å². The number of nitrogens with zero attached hydrogens (tertiary/aromatic N) is 1. The molecule has 2 amide bonds. The van der Waals surface area contributed by atoms with Crippen molar-refractivity contribution in [2.45, 2.75) is 16.2 Å². The molecule has 0 saturated carbocycles. The van der Waals surface area contributed by atoms with Crippen LogP contribution in [-0.4, -0.2) is 22.0 Å². The molecule has 1 aromatic heterocycles. The Kier molecular flexibility index (Phi) is 4.58. The van der Waals surface area contributed by atoms with E-state index in [1.54, 1.807) is 36.4 Å². The first-order valence-electron chi connectivity index (χ1n) is 8.72. The number of H-pyrrole nitrogens is 1. The van der Waals surface area contributed by atoms with Gasteiger partial charge in [0.25, 0.3) is 0 Å². The Morgan fingerprint density at radius 3 is 2.14 bits per heavy atom. The van der Waals surface area contributed by atoms with Crippen molar-refractivity contribution >= 4 is 63.8 Å². The summed E-state index contributed by atoms with van der Waals surface area (Å²) in [5.41, 5.74) is 1.34. The molecule has 1 fully saturated rings. The first-order valence-corrected chi connectivity index (χ1v) is 11.2. The van der Waals surface area contributed by atoms with E-state index in [1.165, 1.54) is 16.7 Å². The molecule has 2 unspecified atom stereocenters. The fourth-order valence-corrected chi connectivity index (χ4v) is 6.66. The third-order valence-corrected chi connectivity index (χ3v) is 8.04. The summed E-state index contributed by atoms with van der Waals surface area (Å²) < 4.78 is 0. The van der Waals surface area contributed by atoms with Gasteiger partial charge in [-0.3, -0.25) is 14.4 Å². The minimum atomic E-state index is -0.614. The molecular formula is C20H12Cl2N2O3S2. The molecular weight excluding hydrogens is 451 g/mol. The average Bonchev–Trinajstić information content (AvgIpc) is 3.19. The lowest BCUT2D eigenvalue weighted by molar-refractivity contribution is -0.122. The zero-order chi connectivity index (χ0) is 20.3. The molecule has 29 heavy (non-hydrogen) atoms. The molecule has 0 bridgehead atoms. The average molecular weight is 463 g/mol. The van der Waals surface area contributed by atoms with Crippen molar-refractivity contribution in [3.8, 4) is 0 Å². The molecule has 2 aromatic carbocycles. The first-order chi connectivity index (χ1) is 13.9. The Hall–Kier alpha value is -2.06. The summed E-state index contributed by atoms with van der Waals surface area (Å²) in [6.45, 7) is 0. The van der Waals surface area contributed by atoms with Gasteiger partial charge in [0.2, 0.25) is 11.8 Å². The topological polar surface area (TPSA) is 70.2 Å². The van der Waals surface area contributed by atoms with Crippen molar-refractivity contribution < 1.29 is 9.59 Å². The minimum Gasteiger partial charge on any atom is -0.307 e. The molecule has 3 heterocycles. The number of aromatic amines is 1. The molecule has 2 aliphatic heterocycles. The van der Waals surface area contributed by atoms with Crippen molar-refractivity contribution in [3.63, 3.8) is 0 Å². The standard InChI is InChI=1S/C20H12Cl2N2O3S2/c21-10-3-1-9(2-4-10)13-14-16(28-17-15(13)29-20(27)23-17)19(26)24(18(14)25)12-7-5-11(22)6-8-12/h1-8,13-14,16H,(H,23,27)/t13-,14?,16?/m1/s1. The molecule has 2 aliphatic rings. The van der Waals surface area contributed by atoms with Crippen LogP contribution in [0.3, 0.4) is 0 Å². The smallest absolute Gasteiger partial charge is 0.305 e. The lowest BCUT2D eigenvalue weighted by Gasteiger charge is -2.29. The van der Waals surface area contributed by atoms with E-state index in [0.29, 0.717) is 20.8 Å². The largest absolute Gasteiger partial charge is 0.307 e. The first kappa shape index (κ1) is 18.9. The number of carbonyl (C=O) groups excluding carboxylic acids is 2. The molecule has 5 nitrogen and oxygen atoms in total. The molecule has 146 valence electrons. The highest BCUT2D eigenvalue weighted by atomic mass is 35.5. The van der Waals surface area contributed by atoms with Gasteiger partial charge in [0.15, 0.2) is 0 Å². The summed E-state index contributed by atoms with van der Waals surface area (Å²) in [5, 5.41) is 1.14. The number of hydrogen-bond donors (Lipinski definition) is 1. The number of fused-ring (bicyclic) bond motifs is 2. The van der Waals surface area contributed by atoms with Gasteiger partial charge in [-0.05, 0) is 42.0 Å². The van der Waals surface area contributed by atoms with Crippen molar-refractivity contribution in [3.05, 3.63) is 78.7 Å². The summed E-state index contributed by atoms with van der Waals surface area (Å²) in [5.74, 6) is -1.57. The maximum Gasteiger partial charge on any atom is 0.305 e. The maximum absolute atomic E-state index is 13.5. The Balaban J connectivity index is 1.64. The Bertz CT molecular complexity index is 1190. The highest BCUT2D eigenvalue weighted by molar-refractivity contribution is 8.00. The Morgan fingerprint density at radius 2 is 1.48 bits per heavy atom. The van der Waals surface area contributed by atoms with Gasteiger partial charge in [0.1, 0.15) is 5.25 Å². The van der Waals surface area contributed by atoms with Gasteiger partial charge < -0.3 is 4.98 Å². The van der Waals surface area contributed by atoms with Gasteiger partial charge in [-0.15, -0.1) is 0 Å². The fourth-order valence-electron chi connectivity index (χ4n) is 3.89. The number of thioether (sulfide) groups is 1. The van der Waals surface area contributed by atoms with E-state index < -0.39 is 17.1 Å².